The molecule has 0 aliphatic carbocycles. The lowest BCUT2D eigenvalue weighted by Crippen LogP contribution is -2.11. The van der Waals surface area contributed by atoms with Crippen molar-refractivity contribution < 1.29 is 18.0 Å². The zero-order valence-corrected chi connectivity index (χ0v) is 12.9. The minimum absolute atomic E-state index is 0.0973. The first-order valence-corrected chi connectivity index (χ1v) is 7.43. The van der Waals surface area contributed by atoms with Crippen LogP contribution in [0, 0.1) is 0 Å². The lowest BCUT2D eigenvalue weighted by atomic mass is 9.99. The Labute approximate surface area is 142 Å². The molecule has 1 aromatic heterocycles. The van der Waals surface area contributed by atoms with Crippen LogP contribution >= 0.6 is 0 Å². The number of aromatic nitrogens is 1. The number of carbonyl (C=O) groups excluding carboxylic acids is 1. The molecule has 126 valence electrons. The van der Waals surface area contributed by atoms with Gasteiger partial charge in [-0.3, -0.25) is 9.78 Å². The first-order chi connectivity index (χ1) is 11.9. The van der Waals surface area contributed by atoms with Crippen LogP contribution in [0.5, 0.6) is 0 Å². The monoisotopic (exact) mass is 342 g/mol. The van der Waals surface area contributed by atoms with Crippen LogP contribution in [-0.4, -0.2) is 10.9 Å². The van der Waals surface area contributed by atoms with Gasteiger partial charge in [0.25, 0.3) is 5.91 Å². The molecule has 6 heteroatoms. The molecule has 3 aromatic rings. The zero-order chi connectivity index (χ0) is 17.9. The molecular weight excluding hydrogens is 329 g/mol. The van der Waals surface area contributed by atoms with Crippen molar-refractivity contribution in [3.05, 3.63) is 84.2 Å². The standard InChI is InChI=1S/C19H13F3N2O/c20-19(21,22)17-6-2-1-5-16(17)13-7-9-15(10-8-13)24-18(25)14-4-3-11-23-12-14/h1-12H,(H,24,25). The second-order valence-electron chi connectivity index (χ2n) is 5.32. The zero-order valence-electron chi connectivity index (χ0n) is 12.9. The van der Waals surface area contributed by atoms with Gasteiger partial charge in [-0.25, -0.2) is 0 Å². The number of alkyl halides is 3. The van der Waals surface area contributed by atoms with Crippen LogP contribution in [0.1, 0.15) is 15.9 Å². The summed E-state index contributed by atoms with van der Waals surface area (Å²) in [5.74, 6) is -0.337. The molecule has 0 atom stereocenters. The van der Waals surface area contributed by atoms with E-state index in [4.69, 9.17) is 0 Å². The molecule has 3 nitrogen and oxygen atoms in total. The van der Waals surface area contributed by atoms with E-state index in [1.807, 2.05) is 0 Å². The Kier molecular flexibility index (Phi) is 4.52. The van der Waals surface area contributed by atoms with Gasteiger partial charge in [0.1, 0.15) is 0 Å². The quantitative estimate of drug-likeness (QED) is 0.726. The number of hydrogen-bond acceptors (Lipinski definition) is 2. The van der Waals surface area contributed by atoms with Gasteiger partial charge in [0.05, 0.1) is 11.1 Å². The van der Waals surface area contributed by atoms with Crippen molar-refractivity contribution in [3.63, 3.8) is 0 Å². The summed E-state index contributed by atoms with van der Waals surface area (Å²) in [5, 5.41) is 2.68. The molecule has 0 bridgehead atoms. The highest BCUT2D eigenvalue weighted by Gasteiger charge is 2.33. The van der Waals surface area contributed by atoms with Crippen molar-refractivity contribution in [1.29, 1.82) is 0 Å². The highest BCUT2D eigenvalue weighted by molar-refractivity contribution is 6.04. The molecule has 0 spiro atoms. The fraction of sp³-hybridized carbons (Fsp3) is 0.0526. The Hall–Kier alpha value is -3.15. The van der Waals surface area contributed by atoms with Crippen LogP contribution in [0.25, 0.3) is 11.1 Å². The minimum Gasteiger partial charge on any atom is -0.322 e. The fourth-order valence-electron chi connectivity index (χ4n) is 2.42. The van der Waals surface area contributed by atoms with Gasteiger partial charge in [0.2, 0.25) is 0 Å². The van der Waals surface area contributed by atoms with Crippen LogP contribution in [-0.2, 0) is 6.18 Å². The van der Waals surface area contributed by atoms with Gasteiger partial charge in [-0.05, 0) is 41.5 Å². The Morgan fingerprint density at radius 2 is 1.64 bits per heavy atom. The topological polar surface area (TPSA) is 42.0 Å². The molecule has 1 amide bonds. The average Bonchev–Trinajstić information content (AvgIpc) is 2.62. The Bertz CT molecular complexity index is 875. The number of nitrogens with one attached hydrogen (secondary N) is 1. The van der Waals surface area contributed by atoms with Crippen LogP contribution in [0.3, 0.4) is 0 Å². The van der Waals surface area contributed by atoms with Gasteiger partial charge in [-0.15, -0.1) is 0 Å². The van der Waals surface area contributed by atoms with Crippen LogP contribution in [0.2, 0.25) is 0 Å². The van der Waals surface area contributed by atoms with E-state index >= 15 is 0 Å². The van der Waals surface area contributed by atoms with Gasteiger partial charge in [0, 0.05) is 18.1 Å². The van der Waals surface area contributed by atoms with E-state index in [-0.39, 0.29) is 11.5 Å². The van der Waals surface area contributed by atoms with E-state index in [0.29, 0.717) is 16.8 Å². The summed E-state index contributed by atoms with van der Waals surface area (Å²) in [6.45, 7) is 0. The van der Waals surface area contributed by atoms with Crippen molar-refractivity contribution in [2.75, 3.05) is 5.32 Å². The predicted octanol–water partition coefficient (Wildman–Crippen LogP) is 5.02. The maximum absolute atomic E-state index is 13.1. The number of halogens is 3. The van der Waals surface area contributed by atoms with E-state index in [0.717, 1.165) is 6.07 Å². The molecule has 25 heavy (non-hydrogen) atoms. The molecule has 3 rings (SSSR count). The van der Waals surface area contributed by atoms with Crippen LogP contribution in [0.4, 0.5) is 18.9 Å². The SMILES string of the molecule is O=C(Nc1ccc(-c2ccccc2C(F)(F)F)cc1)c1cccnc1. The minimum atomic E-state index is -4.43. The van der Waals surface area contributed by atoms with E-state index in [1.54, 1.807) is 48.7 Å². The van der Waals surface area contributed by atoms with Crippen molar-refractivity contribution in [2.24, 2.45) is 0 Å². The van der Waals surface area contributed by atoms with Crippen LogP contribution in [0.15, 0.2) is 73.1 Å². The summed E-state index contributed by atoms with van der Waals surface area (Å²) < 4.78 is 39.3. The fourth-order valence-corrected chi connectivity index (χ4v) is 2.42. The third-order valence-corrected chi connectivity index (χ3v) is 3.61. The number of pyridine rings is 1. The average molecular weight is 342 g/mol. The maximum atomic E-state index is 13.1. The van der Waals surface area contributed by atoms with Gasteiger partial charge in [-0.2, -0.15) is 13.2 Å². The molecule has 1 heterocycles. The summed E-state index contributed by atoms with van der Waals surface area (Å²) in [4.78, 5) is 15.9. The number of anilines is 1. The van der Waals surface area contributed by atoms with Crippen LogP contribution < -0.4 is 5.32 Å². The second kappa shape index (κ2) is 6.76. The van der Waals surface area contributed by atoms with Crippen molar-refractivity contribution in [3.8, 4) is 11.1 Å². The number of carbonyl (C=O) groups is 1. The molecule has 0 aliphatic rings. The molecule has 0 saturated heterocycles. The summed E-state index contributed by atoms with van der Waals surface area (Å²) in [7, 11) is 0. The highest BCUT2D eigenvalue weighted by Crippen LogP contribution is 2.37. The molecule has 0 saturated carbocycles. The largest absolute Gasteiger partial charge is 0.417 e. The van der Waals surface area contributed by atoms with E-state index in [2.05, 4.69) is 10.3 Å². The second-order valence-corrected chi connectivity index (χ2v) is 5.32. The molecule has 0 fully saturated rings. The maximum Gasteiger partial charge on any atom is 0.417 e. The van der Waals surface area contributed by atoms with Crippen molar-refractivity contribution >= 4 is 11.6 Å². The number of hydrogen-bond donors (Lipinski definition) is 1. The van der Waals surface area contributed by atoms with E-state index in [1.165, 1.54) is 18.3 Å². The summed E-state index contributed by atoms with van der Waals surface area (Å²) in [5.41, 5.74) is 0.714. The first-order valence-electron chi connectivity index (χ1n) is 7.43. The summed E-state index contributed by atoms with van der Waals surface area (Å²) in [6.07, 6.45) is -1.43. The summed E-state index contributed by atoms with van der Waals surface area (Å²) >= 11 is 0. The summed E-state index contributed by atoms with van der Waals surface area (Å²) in [6, 6.07) is 14.9. The number of amides is 1. The van der Waals surface area contributed by atoms with Gasteiger partial charge in [0.15, 0.2) is 0 Å². The third kappa shape index (κ3) is 3.85. The Morgan fingerprint density at radius 1 is 0.920 bits per heavy atom. The molecule has 0 unspecified atom stereocenters. The van der Waals surface area contributed by atoms with Crippen molar-refractivity contribution in [2.45, 2.75) is 6.18 Å². The van der Waals surface area contributed by atoms with E-state index < -0.39 is 11.7 Å². The molecule has 0 radical (unpaired) electrons. The molecule has 2 aromatic carbocycles. The number of benzene rings is 2. The lowest BCUT2D eigenvalue weighted by Gasteiger charge is -2.13. The van der Waals surface area contributed by atoms with Crippen molar-refractivity contribution in [1.82, 2.24) is 4.98 Å². The van der Waals surface area contributed by atoms with Gasteiger partial charge < -0.3 is 5.32 Å². The molecule has 0 aliphatic heterocycles. The number of rotatable bonds is 3. The Balaban J connectivity index is 1.83. The van der Waals surface area contributed by atoms with E-state index in [9.17, 15) is 18.0 Å². The Morgan fingerprint density at radius 3 is 2.28 bits per heavy atom. The first kappa shape index (κ1) is 16.7. The van der Waals surface area contributed by atoms with Gasteiger partial charge >= 0.3 is 6.18 Å². The van der Waals surface area contributed by atoms with Gasteiger partial charge in [-0.1, -0.05) is 30.3 Å². The third-order valence-electron chi connectivity index (χ3n) is 3.61. The highest BCUT2D eigenvalue weighted by atomic mass is 19.4. The molecular formula is C19H13F3N2O. The number of nitrogens with zero attached hydrogens (tertiary/aromatic N) is 1. The normalized spacial score (nSPS) is 11.2. The molecule has 1 N–H and O–H groups in total. The predicted molar refractivity (Wildman–Crippen MR) is 89.1 cm³/mol. The smallest absolute Gasteiger partial charge is 0.322 e. The lowest BCUT2D eigenvalue weighted by molar-refractivity contribution is -0.137.